The first kappa shape index (κ1) is 18.9. The van der Waals surface area contributed by atoms with Gasteiger partial charge in [-0.1, -0.05) is 0 Å². The van der Waals surface area contributed by atoms with Gasteiger partial charge in [0.05, 0.1) is 18.2 Å². The molecule has 0 saturated carbocycles. The summed E-state index contributed by atoms with van der Waals surface area (Å²) in [6.45, 7) is 1.95. The number of carboxylic acids is 1. The molecule has 1 amide bonds. The predicted octanol–water partition coefficient (Wildman–Crippen LogP) is -0.346. The number of likely N-dealkylation sites (tertiary alicyclic amines) is 1. The second-order valence-corrected chi connectivity index (χ2v) is 7.42. The maximum Gasteiger partial charge on any atom is 0.308 e. The quantitative estimate of drug-likeness (QED) is 0.586. The third-order valence-corrected chi connectivity index (χ3v) is 5.17. The second-order valence-electron chi connectivity index (χ2n) is 5.49. The van der Waals surface area contributed by atoms with Crippen LogP contribution in [0, 0.1) is 5.92 Å². The number of rotatable bonds is 8. The molecular weight excluding hydrogens is 312 g/mol. The smallest absolute Gasteiger partial charge is 0.308 e. The first-order valence-corrected chi connectivity index (χ1v) is 8.90. The Morgan fingerprint density at radius 3 is 2.64 bits per heavy atom. The molecule has 1 aliphatic heterocycles. The molecule has 1 fully saturated rings. The first-order chi connectivity index (χ1) is 10.3. The molecule has 0 radical (unpaired) electrons. The van der Waals surface area contributed by atoms with Crippen molar-refractivity contribution in [1.82, 2.24) is 9.62 Å². The van der Waals surface area contributed by atoms with Crippen LogP contribution in [0.4, 0.5) is 0 Å². The zero-order valence-corrected chi connectivity index (χ0v) is 13.8. The Labute approximate surface area is 130 Å². The van der Waals surface area contributed by atoms with E-state index >= 15 is 0 Å². The van der Waals surface area contributed by atoms with Crippen molar-refractivity contribution in [3.05, 3.63) is 0 Å². The fraction of sp³-hybridized carbons (Fsp3) is 0.846. The van der Waals surface area contributed by atoms with E-state index in [0.29, 0.717) is 25.9 Å². The molecule has 9 heteroatoms. The molecular formula is C13H24N2O6S. The summed E-state index contributed by atoms with van der Waals surface area (Å²) in [5, 5.41) is 9.04. The van der Waals surface area contributed by atoms with E-state index < -0.39 is 27.8 Å². The molecule has 0 aromatic rings. The SMILES string of the molecule is COCCCS(=O)(=O)NCC(=O)N1CC(C(=O)O)CCC1C. The number of nitrogens with zero attached hydrogens (tertiary/aromatic N) is 1. The summed E-state index contributed by atoms with van der Waals surface area (Å²) in [4.78, 5) is 24.6. The van der Waals surface area contributed by atoms with Crippen molar-refractivity contribution in [3.8, 4) is 0 Å². The molecule has 8 nitrogen and oxygen atoms in total. The highest BCUT2D eigenvalue weighted by molar-refractivity contribution is 7.89. The molecule has 0 spiro atoms. The topological polar surface area (TPSA) is 113 Å². The normalized spacial score (nSPS) is 22.5. The predicted molar refractivity (Wildman–Crippen MR) is 79.8 cm³/mol. The van der Waals surface area contributed by atoms with Gasteiger partial charge in [-0.05, 0) is 26.2 Å². The van der Waals surface area contributed by atoms with Crippen molar-refractivity contribution in [2.24, 2.45) is 5.92 Å². The van der Waals surface area contributed by atoms with Crippen molar-refractivity contribution in [3.63, 3.8) is 0 Å². The lowest BCUT2D eigenvalue weighted by molar-refractivity contribution is -0.146. The average Bonchev–Trinajstić information content (AvgIpc) is 2.45. The molecule has 1 saturated heterocycles. The summed E-state index contributed by atoms with van der Waals surface area (Å²) < 4.78 is 30.5. The van der Waals surface area contributed by atoms with E-state index in [1.165, 1.54) is 12.0 Å². The van der Waals surface area contributed by atoms with E-state index in [-0.39, 0.29) is 24.9 Å². The Kier molecular flexibility index (Phi) is 7.24. The lowest BCUT2D eigenvalue weighted by Gasteiger charge is -2.36. The number of hydrogen-bond donors (Lipinski definition) is 2. The summed E-state index contributed by atoms with van der Waals surface area (Å²) in [5.74, 6) is -2.02. The number of nitrogens with one attached hydrogen (secondary N) is 1. The third kappa shape index (κ3) is 5.90. The molecule has 2 unspecified atom stereocenters. The Bertz CT molecular complexity index is 493. The van der Waals surface area contributed by atoms with Gasteiger partial charge in [0, 0.05) is 26.3 Å². The molecule has 128 valence electrons. The molecule has 0 bridgehead atoms. The van der Waals surface area contributed by atoms with Gasteiger partial charge in [0.1, 0.15) is 0 Å². The summed E-state index contributed by atoms with van der Waals surface area (Å²) in [6.07, 6.45) is 1.48. The van der Waals surface area contributed by atoms with E-state index in [1.54, 1.807) is 0 Å². The van der Waals surface area contributed by atoms with E-state index in [0.717, 1.165) is 0 Å². The Hall–Kier alpha value is -1.19. The van der Waals surface area contributed by atoms with Crippen molar-refractivity contribution in [1.29, 1.82) is 0 Å². The molecule has 1 heterocycles. The van der Waals surface area contributed by atoms with Crippen LogP contribution in [0.15, 0.2) is 0 Å². The highest BCUT2D eigenvalue weighted by atomic mass is 32.2. The maximum absolute atomic E-state index is 12.1. The molecule has 0 aliphatic carbocycles. The highest BCUT2D eigenvalue weighted by Gasteiger charge is 2.32. The van der Waals surface area contributed by atoms with Crippen LogP contribution in [-0.2, 0) is 24.3 Å². The van der Waals surface area contributed by atoms with Crippen LogP contribution < -0.4 is 4.72 Å². The van der Waals surface area contributed by atoms with E-state index in [4.69, 9.17) is 9.84 Å². The van der Waals surface area contributed by atoms with Crippen LogP contribution in [0.5, 0.6) is 0 Å². The van der Waals surface area contributed by atoms with Gasteiger partial charge >= 0.3 is 5.97 Å². The van der Waals surface area contributed by atoms with Gasteiger partial charge in [-0.15, -0.1) is 0 Å². The van der Waals surface area contributed by atoms with Crippen LogP contribution in [0.1, 0.15) is 26.2 Å². The fourth-order valence-electron chi connectivity index (χ4n) is 2.39. The summed E-state index contributed by atoms with van der Waals surface area (Å²) in [5.41, 5.74) is 0. The lowest BCUT2D eigenvalue weighted by atomic mass is 9.93. The minimum absolute atomic E-state index is 0.0823. The number of ether oxygens (including phenoxy) is 1. The van der Waals surface area contributed by atoms with E-state index in [9.17, 15) is 18.0 Å². The minimum atomic E-state index is -3.53. The molecule has 2 N–H and O–H groups in total. The van der Waals surface area contributed by atoms with Crippen molar-refractivity contribution in [2.45, 2.75) is 32.2 Å². The summed E-state index contributed by atoms with van der Waals surface area (Å²) >= 11 is 0. The van der Waals surface area contributed by atoms with Gasteiger partial charge in [0.25, 0.3) is 0 Å². The van der Waals surface area contributed by atoms with Crippen LogP contribution in [0.2, 0.25) is 0 Å². The Balaban J connectivity index is 2.51. The Morgan fingerprint density at radius 1 is 1.36 bits per heavy atom. The summed E-state index contributed by atoms with van der Waals surface area (Å²) in [6, 6.07) is -0.0823. The van der Waals surface area contributed by atoms with Crippen LogP contribution in [-0.4, -0.2) is 68.9 Å². The summed E-state index contributed by atoms with van der Waals surface area (Å²) in [7, 11) is -2.04. The molecule has 2 atom stereocenters. The van der Waals surface area contributed by atoms with Crippen LogP contribution >= 0.6 is 0 Å². The van der Waals surface area contributed by atoms with Crippen molar-refractivity contribution in [2.75, 3.05) is 32.6 Å². The average molecular weight is 336 g/mol. The van der Waals surface area contributed by atoms with Gasteiger partial charge < -0.3 is 14.7 Å². The maximum atomic E-state index is 12.1. The number of aliphatic carboxylic acids is 1. The van der Waals surface area contributed by atoms with Gasteiger partial charge in [0.15, 0.2) is 0 Å². The van der Waals surface area contributed by atoms with Gasteiger partial charge in [-0.3, -0.25) is 9.59 Å². The number of carboxylic acid groups (broad SMARTS) is 1. The zero-order chi connectivity index (χ0) is 16.8. The molecule has 1 aliphatic rings. The van der Waals surface area contributed by atoms with Gasteiger partial charge in [-0.25, -0.2) is 13.1 Å². The minimum Gasteiger partial charge on any atom is -0.481 e. The van der Waals surface area contributed by atoms with Gasteiger partial charge in [0.2, 0.25) is 15.9 Å². The van der Waals surface area contributed by atoms with E-state index in [2.05, 4.69) is 4.72 Å². The van der Waals surface area contributed by atoms with Gasteiger partial charge in [-0.2, -0.15) is 0 Å². The number of sulfonamides is 1. The van der Waals surface area contributed by atoms with Crippen molar-refractivity contribution < 1.29 is 27.9 Å². The number of amides is 1. The third-order valence-electron chi connectivity index (χ3n) is 3.76. The molecule has 0 aromatic heterocycles. The molecule has 0 aromatic carbocycles. The number of hydrogen-bond acceptors (Lipinski definition) is 5. The van der Waals surface area contributed by atoms with Crippen molar-refractivity contribution >= 4 is 21.9 Å². The lowest BCUT2D eigenvalue weighted by Crippen LogP contribution is -2.50. The van der Waals surface area contributed by atoms with Crippen LogP contribution in [0.25, 0.3) is 0 Å². The fourth-order valence-corrected chi connectivity index (χ4v) is 3.38. The first-order valence-electron chi connectivity index (χ1n) is 7.25. The Morgan fingerprint density at radius 2 is 2.05 bits per heavy atom. The second kappa shape index (κ2) is 8.44. The van der Waals surface area contributed by atoms with E-state index in [1.807, 2.05) is 6.92 Å². The van der Waals surface area contributed by atoms with Crippen LogP contribution in [0.3, 0.4) is 0 Å². The number of methoxy groups -OCH3 is 1. The zero-order valence-electron chi connectivity index (χ0n) is 12.9. The highest BCUT2D eigenvalue weighted by Crippen LogP contribution is 2.22. The molecule has 22 heavy (non-hydrogen) atoms. The molecule has 1 rings (SSSR count). The number of piperidine rings is 1. The number of carbonyl (C=O) groups excluding carboxylic acids is 1. The monoisotopic (exact) mass is 336 g/mol. The standard InChI is InChI=1S/C13H24N2O6S/c1-10-4-5-11(13(17)18)9-15(10)12(16)8-14-22(19,20)7-3-6-21-2/h10-11,14H,3-9H2,1-2H3,(H,17,18). The largest absolute Gasteiger partial charge is 0.481 e. The number of carbonyl (C=O) groups is 2.